The van der Waals surface area contributed by atoms with Crippen LogP contribution >= 0.6 is 0 Å². The molecule has 0 saturated heterocycles. The third-order valence-electron chi connectivity index (χ3n) is 6.38. The Labute approximate surface area is 222 Å². The zero-order valence-electron chi connectivity index (χ0n) is 21.4. The molecule has 0 atom stereocenters. The molecule has 9 heteroatoms. The second-order valence-corrected chi connectivity index (χ2v) is 9.11. The number of dihydropyridines is 1. The van der Waals surface area contributed by atoms with E-state index in [4.69, 9.17) is 9.47 Å². The summed E-state index contributed by atoms with van der Waals surface area (Å²) in [7, 11) is 1.49. The summed E-state index contributed by atoms with van der Waals surface area (Å²) in [4.78, 5) is 39.1. The summed E-state index contributed by atoms with van der Waals surface area (Å²) < 4.78 is 39.6. The fraction of sp³-hybridized carbons (Fsp3) is 0.167. The van der Waals surface area contributed by atoms with E-state index < -0.39 is 23.2 Å². The van der Waals surface area contributed by atoms with Gasteiger partial charge < -0.3 is 9.47 Å². The molecule has 7 nitrogen and oxygen atoms in total. The fourth-order valence-electron chi connectivity index (χ4n) is 4.44. The van der Waals surface area contributed by atoms with Crippen LogP contribution in [0.2, 0.25) is 0 Å². The summed E-state index contributed by atoms with van der Waals surface area (Å²) in [5.74, 6) is -1.58. The average molecular weight is 528 g/mol. The predicted molar refractivity (Wildman–Crippen MR) is 142 cm³/mol. The number of benzene rings is 2. The normalized spacial score (nSPS) is 13.5. The summed E-state index contributed by atoms with van der Waals surface area (Å²) >= 11 is 0. The van der Waals surface area contributed by atoms with Gasteiger partial charge in [-0.2, -0.15) is 0 Å². The number of Topliss-reactive ketones (excluding diaryl/α,β-unsaturated/α-hetero) is 2. The fourth-order valence-corrected chi connectivity index (χ4v) is 4.44. The number of aromatic nitrogens is 2. The van der Waals surface area contributed by atoms with Crippen molar-refractivity contribution in [2.45, 2.75) is 20.3 Å². The van der Waals surface area contributed by atoms with Crippen LogP contribution in [0, 0.1) is 18.6 Å². The maximum atomic E-state index is 15.0. The van der Waals surface area contributed by atoms with E-state index in [-0.39, 0.29) is 30.2 Å². The van der Waals surface area contributed by atoms with E-state index in [0.29, 0.717) is 44.7 Å². The number of carbonyl (C=O) groups is 2. The van der Waals surface area contributed by atoms with E-state index in [9.17, 15) is 14.0 Å². The largest absolute Gasteiger partial charge is 0.481 e. The Hall–Kier alpha value is -4.79. The van der Waals surface area contributed by atoms with Crippen LogP contribution in [0.25, 0.3) is 16.6 Å². The molecule has 1 aliphatic heterocycles. The van der Waals surface area contributed by atoms with E-state index in [1.165, 1.54) is 43.6 Å². The Bertz CT molecular complexity index is 1710. The monoisotopic (exact) mass is 527 g/mol. The second-order valence-electron chi connectivity index (χ2n) is 9.11. The molecule has 4 aromatic rings. The second kappa shape index (κ2) is 10.5. The lowest BCUT2D eigenvalue weighted by Crippen LogP contribution is -2.30. The minimum Gasteiger partial charge on any atom is -0.481 e. The average Bonchev–Trinajstić information content (AvgIpc) is 2.91. The molecule has 2 aromatic carbocycles. The van der Waals surface area contributed by atoms with Gasteiger partial charge in [-0.05, 0) is 66.4 Å². The molecule has 196 valence electrons. The van der Waals surface area contributed by atoms with Crippen molar-refractivity contribution >= 4 is 33.9 Å². The van der Waals surface area contributed by atoms with Gasteiger partial charge in [0.1, 0.15) is 17.0 Å². The SMILES string of the molecule is COc1ccc2nccc(Oc3ccc(CC(=O)C4=NCC(C)=C(c5ccc(F)cc5C)C4=O)cc3F)c2n1. The number of rotatable bonds is 7. The van der Waals surface area contributed by atoms with Crippen molar-refractivity contribution in [2.75, 3.05) is 13.7 Å². The van der Waals surface area contributed by atoms with Crippen LogP contribution in [-0.4, -0.2) is 40.9 Å². The number of carbonyl (C=O) groups excluding carboxylic acids is 2. The molecular formula is C30H23F2N3O4. The third kappa shape index (κ3) is 5.16. The molecule has 0 aliphatic carbocycles. The maximum Gasteiger partial charge on any atom is 0.215 e. The van der Waals surface area contributed by atoms with Crippen molar-refractivity contribution in [3.8, 4) is 17.4 Å². The van der Waals surface area contributed by atoms with Gasteiger partial charge in [-0.3, -0.25) is 19.6 Å². The van der Waals surface area contributed by atoms with Gasteiger partial charge in [-0.1, -0.05) is 12.1 Å². The van der Waals surface area contributed by atoms with Gasteiger partial charge in [-0.25, -0.2) is 13.8 Å². The Morgan fingerprint density at radius 1 is 1.00 bits per heavy atom. The Morgan fingerprint density at radius 3 is 2.56 bits per heavy atom. The number of aryl methyl sites for hydroxylation is 1. The van der Waals surface area contributed by atoms with Gasteiger partial charge in [-0.15, -0.1) is 0 Å². The highest BCUT2D eigenvalue weighted by Gasteiger charge is 2.30. The number of ether oxygens (including phenoxy) is 2. The van der Waals surface area contributed by atoms with E-state index in [2.05, 4.69) is 15.0 Å². The predicted octanol–water partition coefficient (Wildman–Crippen LogP) is 5.63. The van der Waals surface area contributed by atoms with Crippen LogP contribution in [0.3, 0.4) is 0 Å². The lowest BCUT2D eigenvalue weighted by atomic mass is 9.87. The van der Waals surface area contributed by atoms with E-state index in [1.807, 2.05) is 0 Å². The minimum atomic E-state index is -0.691. The van der Waals surface area contributed by atoms with Gasteiger partial charge in [0.15, 0.2) is 23.1 Å². The Kier molecular flexibility index (Phi) is 6.98. The lowest BCUT2D eigenvalue weighted by Gasteiger charge is -2.18. The zero-order valence-corrected chi connectivity index (χ0v) is 21.4. The molecule has 0 bridgehead atoms. The van der Waals surface area contributed by atoms with E-state index in [0.717, 1.165) is 0 Å². The maximum absolute atomic E-state index is 15.0. The number of allylic oxidation sites excluding steroid dienone is 1. The summed E-state index contributed by atoms with van der Waals surface area (Å²) in [6.45, 7) is 3.62. The van der Waals surface area contributed by atoms with Gasteiger partial charge in [0.2, 0.25) is 11.7 Å². The quantitative estimate of drug-likeness (QED) is 0.310. The third-order valence-corrected chi connectivity index (χ3v) is 6.38. The Balaban J connectivity index is 1.34. The first-order valence-electron chi connectivity index (χ1n) is 12.1. The molecule has 0 radical (unpaired) electrons. The summed E-state index contributed by atoms with van der Waals surface area (Å²) in [5, 5.41) is 0. The first kappa shape index (κ1) is 25.8. The van der Waals surface area contributed by atoms with Crippen LogP contribution in [0.15, 0.2) is 71.4 Å². The summed E-state index contributed by atoms with van der Waals surface area (Å²) in [6, 6.07) is 13.2. The molecule has 0 fully saturated rings. The van der Waals surface area contributed by atoms with E-state index >= 15 is 4.39 Å². The number of halogens is 2. The first-order chi connectivity index (χ1) is 18.7. The van der Waals surface area contributed by atoms with Crippen LogP contribution in [0.1, 0.15) is 23.6 Å². The molecule has 2 aromatic heterocycles. The number of hydrogen-bond acceptors (Lipinski definition) is 7. The van der Waals surface area contributed by atoms with Crippen LogP contribution in [0.5, 0.6) is 17.4 Å². The van der Waals surface area contributed by atoms with Crippen molar-refractivity contribution in [3.05, 3.63) is 94.7 Å². The van der Waals surface area contributed by atoms with Crippen molar-refractivity contribution < 1.29 is 27.8 Å². The summed E-state index contributed by atoms with van der Waals surface area (Å²) in [5.41, 5.74) is 3.27. The van der Waals surface area contributed by atoms with Crippen molar-refractivity contribution in [2.24, 2.45) is 4.99 Å². The number of aliphatic imine (C=N–C) groups is 1. The molecule has 3 heterocycles. The molecule has 0 N–H and O–H groups in total. The molecular weight excluding hydrogens is 504 g/mol. The highest BCUT2D eigenvalue weighted by atomic mass is 19.1. The van der Waals surface area contributed by atoms with Crippen LogP contribution < -0.4 is 9.47 Å². The topological polar surface area (TPSA) is 90.7 Å². The number of nitrogens with zero attached hydrogens (tertiary/aromatic N) is 3. The van der Waals surface area contributed by atoms with E-state index in [1.54, 1.807) is 38.1 Å². The molecule has 0 amide bonds. The minimum absolute atomic E-state index is 0.0676. The number of fused-ring (bicyclic) bond motifs is 1. The molecule has 0 unspecified atom stereocenters. The van der Waals surface area contributed by atoms with Crippen molar-refractivity contribution in [1.82, 2.24) is 9.97 Å². The number of pyridine rings is 2. The Morgan fingerprint density at radius 2 is 1.82 bits per heavy atom. The lowest BCUT2D eigenvalue weighted by molar-refractivity contribution is -0.114. The number of methoxy groups -OCH3 is 1. The smallest absolute Gasteiger partial charge is 0.215 e. The zero-order chi connectivity index (χ0) is 27.7. The van der Waals surface area contributed by atoms with Crippen LogP contribution in [0.4, 0.5) is 8.78 Å². The molecule has 0 spiro atoms. The molecule has 0 saturated carbocycles. The highest BCUT2D eigenvalue weighted by molar-refractivity contribution is 6.74. The standard InChI is InChI=1S/C30H23F2N3O4/c1-16-12-19(31)5-6-20(16)27-17(2)15-34-29(30(27)37)23(36)14-18-4-8-24(21(32)13-18)39-25-10-11-33-22-7-9-26(38-3)35-28(22)25/h4-13H,14-15H2,1-3H3. The van der Waals surface area contributed by atoms with Gasteiger partial charge >= 0.3 is 0 Å². The summed E-state index contributed by atoms with van der Waals surface area (Å²) in [6.07, 6.45) is 1.30. The van der Waals surface area contributed by atoms with Crippen LogP contribution in [-0.2, 0) is 16.0 Å². The molecule has 39 heavy (non-hydrogen) atoms. The number of ketones is 2. The molecule has 5 rings (SSSR count). The molecule has 1 aliphatic rings. The van der Waals surface area contributed by atoms with Gasteiger partial charge in [0.05, 0.1) is 19.2 Å². The highest BCUT2D eigenvalue weighted by Crippen LogP contribution is 2.31. The first-order valence-corrected chi connectivity index (χ1v) is 12.1. The van der Waals surface area contributed by atoms with Gasteiger partial charge in [0.25, 0.3) is 0 Å². The van der Waals surface area contributed by atoms with Crippen molar-refractivity contribution in [1.29, 1.82) is 0 Å². The van der Waals surface area contributed by atoms with Gasteiger partial charge in [0, 0.05) is 30.3 Å². The number of hydrogen-bond donors (Lipinski definition) is 0. The van der Waals surface area contributed by atoms with Crippen molar-refractivity contribution in [3.63, 3.8) is 0 Å².